The van der Waals surface area contributed by atoms with Gasteiger partial charge in [-0.15, -0.1) is 0 Å². The molecular weight excluding hydrogens is 248 g/mol. The van der Waals surface area contributed by atoms with Gasteiger partial charge in [-0.2, -0.15) is 0 Å². The first kappa shape index (κ1) is 15.9. The molecule has 0 saturated carbocycles. The van der Waals surface area contributed by atoms with Crippen LogP contribution in [0.15, 0.2) is 0 Å². The summed E-state index contributed by atoms with van der Waals surface area (Å²) in [6, 6.07) is -0.385. The molecule has 0 aliphatic carbocycles. The Labute approximate surface area is 114 Å². The number of nitrogens with zero attached hydrogens (tertiary/aromatic N) is 1. The molecule has 19 heavy (non-hydrogen) atoms. The van der Waals surface area contributed by atoms with E-state index in [1.165, 1.54) is 0 Å². The molecule has 1 rings (SSSR count). The maximum absolute atomic E-state index is 11.9. The number of rotatable bonds is 8. The highest BCUT2D eigenvalue weighted by Gasteiger charge is 2.35. The zero-order valence-electron chi connectivity index (χ0n) is 12.0. The molecule has 2 amide bonds. The maximum atomic E-state index is 11.9. The van der Waals surface area contributed by atoms with E-state index in [9.17, 15) is 9.59 Å². The number of hydrogen-bond acceptors (Lipinski definition) is 4. The van der Waals surface area contributed by atoms with Crippen molar-refractivity contribution >= 4 is 11.8 Å². The van der Waals surface area contributed by atoms with Crippen LogP contribution in [-0.4, -0.2) is 62.8 Å². The third kappa shape index (κ3) is 4.80. The van der Waals surface area contributed by atoms with E-state index in [0.717, 1.165) is 6.42 Å². The zero-order valence-corrected chi connectivity index (χ0v) is 12.0. The number of carbonyl (C=O) groups is 2. The summed E-state index contributed by atoms with van der Waals surface area (Å²) in [5.41, 5.74) is 0. The van der Waals surface area contributed by atoms with E-state index in [1.807, 2.05) is 13.8 Å². The van der Waals surface area contributed by atoms with Crippen LogP contribution in [0.4, 0.5) is 0 Å². The van der Waals surface area contributed by atoms with E-state index in [1.54, 1.807) is 12.0 Å². The normalized spacial score (nSPS) is 20.0. The number of amides is 2. The minimum atomic E-state index is -0.385. The average Bonchev–Trinajstić information content (AvgIpc) is 2.37. The molecule has 1 atom stereocenters. The fourth-order valence-corrected chi connectivity index (χ4v) is 2.16. The lowest BCUT2D eigenvalue weighted by Gasteiger charge is -2.37. The molecule has 1 fully saturated rings. The van der Waals surface area contributed by atoms with Crippen molar-refractivity contribution in [2.24, 2.45) is 5.92 Å². The van der Waals surface area contributed by atoms with Crippen molar-refractivity contribution in [1.29, 1.82) is 0 Å². The lowest BCUT2D eigenvalue weighted by molar-refractivity contribution is -0.148. The second kappa shape index (κ2) is 8.12. The summed E-state index contributed by atoms with van der Waals surface area (Å²) in [7, 11) is 1.65. The predicted molar refractivity (Wildman–Crippen MR) is 70.7 cm³/mol. The fourth-order valence-electron chi connectivity index (χ4n) is 2.16. The molecule has 110 valence electrons. The summed E-state index contributed by atoms with van der Waals surface area (Å²) in [6.45, 7) is 6.15. The SMILES string of the molecule is COCCCOCCN1C(=O)CNC(=O)C1C(C)C. The molecule has 1 unspecified atom stereocenters. The van der Waals surface area contributed by atoms with Crippen LogP contribution in [0.25, 0.3) is 0 Å². The van der Waals surface area contributed by atoms with Crippen LogP contribution in [0.3, 0.4) is 0 Å². The molecule has 1 saturated heterocycles. The predicted octanol–water partition coefficient (Wildman–Crippen LogP) is 0.0225. The fraction of sp³-hybridized carbons (Fsp3) is 0.846. The highest BCUT2D eigenvalue weighted by Crippen LogP contribution is 2.14. The molecule has 0 bridgehead atoms. The molecule has 1 aliphatic heterocycles. The van der Waals surface area contributed by atoms with Crippen LogP contribution in [0.1, 0.15) is 20.3 Å². The number of carbonyl (C=O) groups excluding carboxylic acids is 2. The summed E-state index contributed by atoms with van der Waals surface area (Å²) in [6.07, 6.45) is 0.832. The van der Waals surface area contributed by atoms with Gasteiger partial charge in [0.1, 0.15) is 6.04 Å². The lowest BCUT2D eigenvalue weighted by Crippen LogP contribution is -2.60. The first-order valence-corrected chi connectivity index (χ1v) is 6.71. The molecular formula is C13H24N2O4. The van der Waals surface area contributed by atoms with Gasteiger partial charge in [-0.3, -0.25) is 9.59 Å². The van der Waals surface area contributed by atoms with Crippen LogP contribution < -0.4 is 5.32 Å². The van der Waals surface area contributed by atoms with Gasteiger partial charge in [0.2, 0.25) is 11.8 Å². The van der Waals surface area contributed by atoms with Crippen molar-refractivity contribution in [1.82, 2.24) is 10.2 Å². The van der Waals surface area contributed by atoms with E-state index in [0.29, 0.717) is 26.4 Å². The molecule has 0 spiro atoms. The monoisotopic (exact) mass is 272 g/mol. The van der Waals surface area contributed by atoms with E-state index in [-0.39, 0.29) is 30.3 Å². The summed E-state index contributed by atoms with van der Waals surface area (Å²) in [5, 5.41) is 2.62. The standard InChI is InChI=1S/C13H24N2O4/c1-10(2)12-13(17)14-9-11(16)15(12)5-8-19-7-4-6-18-3/h10,12H,4-9H2,1-3H3,(H,14,17). The molecule has 1 N–H and O–H groups in total. The Morgan fingerprint density at radius 3 is 2.68 bits per heavy atom. The van der Waals surface area contributed by atoms with Crippen molar-refractivity contribution in [3.8, 4) is 0 Å². The Bertz CT molecular complexity index is 307. The molecule has 0 aromatic carbocycles. The first-order valence-electron chi connectivity index (χ1n) is 6.71. The number of hydrogen-bond donors (Lipinski definition) is 1. The van der Waals surface area contributed by atoms with E-state index >= 15 is 0 Å². The van der Waals surface area contributed by atoms with E-state index in [4.69, 9.17) is 9.47 Å². The third-order valence-corrected chi connectivity index (χ3v) is 3.08. The van der Waals surface area contributed by atoms with Crippen molar-refractivity contribution in [3.63, 3.8) is 0 Å². The largest absolute Gasteiger partial charge is 0.385 e. The highest BCUT2D eigenvalue weighted by molar-refractivity contribution is 5.94. The van der Waals surface area contributed by atoms with Gasteiger partial charge in [0, 0.05) is 26.9 Å². The van der Waals surface area contributed by atoms with Crippen molar-refractivity contribution in [2.45, 2.75) is 26.3 Å². The van der Waals surface area contributed by atoms with E-state index < -0.39 is 0 Å². The Hall–Kier alpha value is -1.14. The molecule has 6 heteroatoms. The number of nitrogens with one attached hydrogen (secondary N) is 1. The minimum Gasteiger partial charge on any atom is -0.385 e. The van der Waals surface area contributed by atoms with Crippen LogP contribution in [0.5, 0.6) is 0 Å². The Morgan fingerprint density at radius 2 is 2.05 bits per heavy atom. The van der Waals surface area contributed by atoms with Gasteiger partial charge < -0.3 is 19.7 Å². The first-order chi connectivity index (χ1) is 9.07. The summed E-state index contributed by atoms with van der Waals surface area (Å²) in [5.74, 6) is -0.0227. The molecule has 0 aromatic heterocycles. The summed E-state index contributed by atoms with van der Waals surface area (Å²) >= 11 is 0. The van der Waals surface area contributed by atoms with Gasteiger partial charge in [-0.25, -0.2) is 0 Å². The maximum Gasteiger partial charge on any atom is 0.243 e. The second-order valence-corrected chi connectivity index (χ2v) is 4.95. The van der Waals surface area contributed by atoms with Crippen LogP contribution in [0.2, 0.25) is 0 Å². The molecule has 0 aromatic rings. The number of methoxy groups -OCH3 is 1. The zero-order chi connectivity index (χ0) is 14.3. The van der Waals surface area contributed by atoms with E-state index in [2.05, 4.69) is 5.32 Å². The number of ether oxygens (including phenoxy) is 2. The van der Waals surface area contributed by atoms with Crippen molar-refractivity contribution < 1.29 is 19.1 Å². The average molecular weight is 272 g/mol. The lowest BCUT2D eigenvalue weighted by atomic mass is 9.99. The quantitative estimate of drug-likeness (QED) is 0.633. The van der Waals surface area contributed by atoms with Gasteiger partial charge in [-0.1, -0.05) is 13.8 Å². The third-order valence-electron chi connectivity index (χ3n) is 3.08. The summed E-state index contributed by atoms with van der Waals surface area (Å²) in [4.78, 5) is 25.3. The molecule has 0 radical (unpaired) electrons. The molecule has 6 nitrogen and oxygen atoms in total. The van der Waals surface area contributed by atoms with Crippen LogP contribution in [0, 0.1) is 5.92 Å². The topological polar surface area (TPSA) is 67.9 Å². The Morgan fingerprint density at radius 1 is 1.32 bits per heavy atom. The van der Waals surface area contributed by atoms with Crippen molar-refractivity contribution in [3.05, 3.63) is 0 Å². The molecule has 1 heterocycles. The van der Waals surface area contributed by atoms with Gasteiger partial charge >= 0.3 is 0 Å². The Balaban J connectivity index is 2.39. The number of piperazine rings is 1. The molecule has 1 aliphatic rings. The van der Waals surface area contributed by atoms with Crippen LogP contribution >= 0.6 is 0 Å². The van der Waals surface area contributed by atoms with Gasteiger partial charge in [0.15, 0.2) is 0 Å². The highest BCUT2D eigenvalue weighted by atomic mass is 16.5. The minimum absolute atomic E-state index is 0.0428. The van der Waals surface area contributed by atoms with Crippen LogP contribution in [-0.2, 0) is 19.1 Å². The van der Waals surface area contributed by atoms with Gasteiger partial charge in [0.05, 0.1) is 13.2 Å². The van der Waals surface area contributed by atoms with Gasteiger partial charge in [-0.05, 0) is 12.3 Å². The second-order valence-electron chi connectivity index (χ2n) is 4.95. The Kier molecular flexibility index (Phi) is 6.80. The summed E-state index contributed by atoms with van der Waals surface area (Å²) < 4.78 is 10.4. The van der Waals surface area contributed by atoms with Crippen molar-refractivity contribution in [2.75, 3.05) is 40.0 Å². The van der Waals surface area contributed by atoms with Gasteiger partial charge in [0.25, 0.3) is 0 Å². The smallest absolute Gasteiger partial charge is 0.243 e.